The second-order valence-corrected chi connectivity index (χ2v) is 10.9. The number of ether oxygens (including phenoxy) is 3. The number of carbonyl (C=O) groups is 2. The minimum Gasteiger partial charge on any atom is -0.489 e. The molecule has 1 saturated heterocycles. The first-order chi connectivity index (χ1) is 21.4. The number of aryl methyl sites for hydroxylation is 1. The first-order valence-electron chi connectivity index (χ1n) is 14.5. The van der Waals surface area contributed by atoms with E-state index in [-0.39, 0.29) is 35.5 Å². The average molecular weight is 597 g/mol. The van der Waals surface area contributed by atoms with Gasteiger partial charge in [0.05, 0.1) is 35.3 Å². The molecule has 1 N–H and O–H groups in total. The Morgan fingerprint density at radius 3 is 2.64 bits per heavy atom. The maximum absolute atomic E-state index is 16.0. The number of rotatable bonds is 10. The molecule has 2 aromatic carbocycles. The molecule has 226 valence electrons. The number of aromatic nitrogens is 3. The molecule has 0 bridgehead atoms. The van der Waals surface area contributed by atoms with E-state index in [4.69, 9.17) is 14.2 Å². The lowest BCUT2D eigenvalue weighted by molar-refractivity contribution is -0.168. The van der Waals surface area contributed by atoms with Crippen LogP contribution >= 0.6 is 0 Å². The summed E-state index contributed by atoms with van der Waals surface area (Å²) in [6.07, 6.45) is 7.44. The number of carbonyl (C=O) groups excluding carboxylic acids is 2. The zero-order valence-electron chi connectivity index (χ0n) is 24.6. The van der Waals surface area contributed by atoms with Gasteiger partial charge >= 0.3 is 0 Å². The molecule has 1 aliphatic heterocycles. The third kappa shape index (κ3) is 6.41. The molecule has 1 amide bonds. The van der Waals surface area contributed by atoms with Crippen LogP contribution in [0.3, 0.4) is 0 Å². The van der Waals surface area contributed by atoms with E-state index < -0.39 is 11.7 Å². The predicted octanol–water partition coefficient (Wildman–Crippen LogP) is 6.56. The number of nitrogens with one attached hydrogen (secondary N) is 1. The predicted molar refractivity (Wildman–Crippen MR) is 163 cm³/mol. The Hall–Kier alpha value is -4.80. The molecule has 4 heterocycles. The molecular weight excluding hydrogens is 563 g/mol. The molecular formula is C34H33FN4O5. The molecule has 44 heavy (non-hydrogen) atoms. The van der Waals surface area contributed by atoms with Crippen LogP contribution in [0, 0.1) is 5.82 Å². The Morgan fingerprint density at radius 1 is 1.07 bits per heavy atom. The summed E-state index contributed by atoms with van der Waals surface area (Å²) in [7, 11) is 1.75. The van der Waals surface area contributed by atoms with Crippen LogP contribution in [-0.4, -0.2) is 38.8 Å². The van der Waals surface area contributed by atoms with Crippen molar-refractivity contribution in [2.75, 3.05) is 11.9 Å². The first kappa shape index (κ1) is 29.3. The largest absolute Gasteiger partial charge is 0.489 e. The van der Waals surface area contributed by atoms with Crippen LogP contribution < -0.4 is 10.1 Å². The number of hydrogen-bond acceptors (Lipinski definition) is 6. The molecule has 0 saturated carbocycles. The van der Waals surface area contributed by atoms with E-state index in [2.05, 4.69) is 10.4 Å². The molecule has 0 aliphatic carbocycles. The van der Waals surface area contributed by atoms with Gasteiger partial charge in [-0.1, -0.05) is 30.3 Å². The molecule has 9 nitrogen and oxygen atoms in total. The van der Waals surface area contributed by atoms with Crippen molar-refractivity contribution in [1.29, 1.82) is 0 Å². The highest BCUT2D eigenvalue weighted by Crippen LogP contribution is 2.32. The van der Waals surface area contributed by atoms with E-state index >= 15 is 4.39 Å². The zero-order valence-corrected chi connectivity index (χ0v) is 24.6. The van der Waals surface area contributed by atoms with Crippen LogP contribution in [0.25, 0.3) is 16.6 Å². The lowest BCUT2D eigenvalue weighted by Gasteiger charge is -2.23. The standard InChI is InChI=1S/C34H33FN4O5/c1-22(40)30-17-28(31-16-26(11-12-39(30)31)43-20-23-8-4-3-5-9-23)34(41)37-29-15-24(21-44-32-10-6-7-13-42-32)14-27(33(29)35)25-18-36-38(2)19-25/h3-5,8-9,11-12,14-19,32H,6-7,10,13,20-21H2,1-2H3,(H,37,41). The minimum absolute atomic E-state index is 0.0141. The summed E-state index contributed by atoms with van der Waals surface area (Å²) in [6, 6.07) is 17.9. The maximum atomic E-state index is 16.0. The van der Waals surface area contributed by atoms with E-state index in [0.717, 1.165) is 24.8 Å². The molecule has 1 fully saturated rings. The highest BCUT2D eigenvalue weighted by Gasteiger charge is 2.22. The summed E-state index contributed by atoms with van der Waals surface area (Å²) in [4.78, 5) is 26.2. The van der Waals surface area contributed by atoms with Crippen molar-refractivity contribution in [3.63, 3.8) is 0 Å². The van der Waals surface area contributed by atoms with Gasteiger partial charge < -0.3 is 23.9 Å². The fraction of sp³-hybridized carbons (Fsp3) is 0.265. The number of benzene rings is 2. The van der Waals surface area contributed by atoms with Crippen molar-refractivity contribution >= 4 is 22.9 Å². The Morgan fingerprint density at radius 2 is 1.91 bits per heavy atom. The number of anilines is 1. The SMILES string of the molecule is CC(=O)c1cc(C(=O)Nc2cc(COC3CCCCO3)cc(-c3cnn(C)c3)c2F)c2cc(OCc3ccccc3)ccn12. The summed E-state index contributed by atoms with van der Waals surface area (Å²) < 4.78 is 36.9. The highest BCUT2D eigenvalue weighted by molar-refractivity contribution is 6.11. The van der Waals surface area contributed by atoms with Gasteiger partial charge in [0, 0.05) is 50.2 Å². The summed E-state index contributed by atoms with van der Waals surface area (Å²) in [5.74, 6) is -0.866. The van der Waals surface area contributed by atoms with Gasteiger partial charge in [0.1, 0.15) is 12.4 Å². The normalized spacial score (nSPS) is 14.9. The van der Waals surface area contributed by atoms with Crippen molar-refractivity contribution in [3.8, 4) is 16.9 Å². The molecule has 3 aromatic heterocycles. The average Bonchev–Trinajstić information content (AvgIpc) is 3.65. The van der Waals surface area contributed by atoms with Gasteiger partial charge in [-0.05, 0) is 54.7 Å². The van der Waals surface area contributed by atoms with E-state index in [9.17, 15) is 9.59 Å². The van der Waals surface area contributed by atoms with Gasteiger partial charge in [-0.3, -0.25) is 14.3 Å². The van der Waals surface area contributed by atoms with Crippen LogP contribution in [0.2, 0.25) is 0 Å². The summed E-state index contributed by atoms with van der Waals surface area (Å²) in [6.45, 7) is 2.58. The van der Waals surface area contributed by atoms with Crippen molar-refractivity contribution in [3.05, 3.63) is 107 Å². The minimum atomic E-state index is -0.605. The van der Waals surface area contributed by atoms with E-state index in [0.29, 0.717) is 41.3 Å². The second-order valence-electron chi connectivity index (χ2n) is 10.9. The number of fused-ring (bicyclic) bond motifs is 1. The number of Topliss-reactive ketones (excluding diaryl/α,β-unsaturated/α-hetero) is 1. The van der Waals surface area contributed by atoms with Gasteiger partial charge in [0.25, 0.3) is 5.91 Å². The Kier molecular flexibility index (Phi) is 8.53. The number of nitrogens with zero attached hydrogens (tertiary/aromatic N) is 3. The molecule has 0 spiro atoms. The Bertz CT molecular complexity index is 1810. The van der Waals surface area contributed by atoms with Crippen LogP contribution in [0.4, 0.5) is 10.1 Å². The number of halogens is 1. The van der Waals surface area contributed by atoms with Crippen LogP contribution in [0.15, 0.2) is 79.3 Å². The molecule has 0 radical (unpaired) electrons. The number of ketones is 1. The van der Waals surface area contributed by atoms with Crippen molar-refractivity contribution in [1.82, 2.24) is 14.2 Å². The topological polar surface area (TPSA) is 96.1 Å². The van der Waals surface area contributed by atoms with Crippen LogP contribution in [0.1, 0.15) is 58.2 Å². The monoisotopic (exact) mass is 596 g/mol. The quantitative estimate of drug-likeness (QED) is 0.184. The molecule has 5 aromatic rings. The molecule has 1 unspecified atom stereocenters. The van der Waals surface area contributed by atoms with Crippen molar-refractivity contribution in [2.45, 2.75) is 45.7 Å². The van der Waals surface area contributed by atoms with E-state index in [1.807, 2.05) is 30.3 Å². The second kappa shape index (κ2) is 12.8. The van der Waals surface area contributed by atoms with E-state index in [1.165, 1.54) is 13.0 Å². The molecule has 1 aliphatic rings. The van der Waals surface area contributed by atoms with Crippen molar-refractivity contribution in [2.24, 2.45) is 7.05 Å². The third-order valence-electron chi connectivity index (χ3n) is 7.57. The first-order valence-corrected chi connectivity index (χ1v) is 14.5. The summed E-state index contributed by atoms with van der Waals surface area (Å²) in [5.41, 5.74) is 3.47. The highest BCUT2D eigenvalue weighted by atomic mass is 19.1. The zero-order chi connectivity index (χ0) is 30.6. The van der Waals surface area contributed by atoms with E-state index in [1.54, 1.807) is 59.0 Å². The van der Waals surface area contributed by atoms with Gasteiger partial charge in [-0.2, -0.15) is 5.10 Å². The van der Waals surface area contributed by atoms with Crippen molar-refractivity contribution < 1.29 is 28.2 Å². The fourth-order valence-corrected chi connectivity index (χ4v) is 5.31. The van der Waals surface area contributed by atoms with Crippen LogP contribution in [-0.2, 0) is 29.7 Å². The Labute approximate surface area is 254 Å². The van der Waals surface area contributed by atoms with Gasteiger partial charge in [0.15, 0.2) is 17.9 Å². The maximum Gasteiger partial charge on any atom is 0.257 e. The van der Waals surface area contributed by atoms with Gasteiger partial charge in [-0.15, -0.1) is 0 Å². The van der Waals surface area contributed by atoms with Gasteiger partial charge in [0.2, 0.25) is 0 Å². The number of hydrogen-bond donors (Lipinski definition) is 1. The lowest BCUT2D eigenvalue weighted by atomic mass is 10.0. The molecule has 10 heteroatoms. The Balaban J connectivity index is 1.32. The lowest BCUT2D eigenvalue weighted by Crippen LogP contribution is -2.22. The fourth-order valence-electron chi connectivity index (χ4n) is 5.31. The van der Waals surface area contributed by atoms with Gasteiger partial charge in [-0.25, -0.2) is 4.39 Å². The number of amides is 1. The number of pyridine rings is 1. The van der Waals surface area contributed by atoms with Crippen LogP contribution in [0.5, 0.6) is 5.75 Å². The molecule has 1 atom stereocenters. The summed E-state index contributed by atoms with van der Waals surface area (Å²) in [5, 5.41) is 6.93. The third-order valence-corrected chi connectivity index (χ3v) is 7.57. The summed E-state index contributed by atoms with van der Waals surface area (Å²) >= 11 is 0. The smallest absolute Gasteiger partial charge is 0.257 e. The molecule has 6 rings (SSSR count).